The van der Waals surface area contributed by atoms with Gasteiger partial charge in [-0.25, -0.2) is 0 Å². The predicted molar refractivity (Wildman–Crippen MR) is 138 cm³/mol. The maximum atomic E-state index is 13.4. The number of halogens is 1. The van der Waals surface area contributed by atoms with E-state index in [2.05, 4.69) is 28.5 Å². The van der Waals surface area contributed by atoms with Gasteiger partial charge in [-0.05, 0) is 59.3 Å². The summed E-state index contributed by atoms with van der Waals surface area (Å²) in [5.41, 5.74) is 3.00. The average molecular weight is 524 g/mol. The lowest BCUT2D eigenvalue weighted by atomic mass is 9.93. The topological polar surface area (TPSA) is 62.3 Å². The molecular formula is C27H26ClN3O4S. The van der Waals surface area contributed by atoms with Gasteiger partial charge in [0.05, 0.1) is 12.6 Å². The summed E-state index contributed by atoms with van der Waals surface area (Å²) in [5, 5.41) is 2.84. The number of thiophene rings is 1. The van der Waals surface area contributed by atoms with Gasteiger partial charge in [-0.3, -0.25) is 14.5 Å². The van der Waals surface area contributed by atoms with E-state index >= 15 is 0 Å². The van der Waals surface area contributed by atoms with Gasteiger partial charge in [0.2, 0.25) is 12.7 Å². The van der Waals surface area contributed by atoms with Crippen LogP contribution in [0.25, 0.3) is 0 Å². The first kappa shape index (κ1) is 23.3. The van der Waals surface area contributed by atoms with Crippen molar-refractivity contribution in [3.63, 3.8) is 0 Å². The van der Waals surface area contributed by atoms with Crippen molar-refractivity contribution in [2.75, 3.05) is 46.1 Å². The van der Waals surface area contributed by atoms with Crippen LogP contribution in [-0.4, -0.2) is 72.6 Å². The summed E-state index contributed by atoms with van der Waals surface area (Å²) in [5.74, 6) is 1.30. The smallest absolute Gasteiger partial charge is 0.254 e. The zero-order valence-electron chi connectivity index (χ0n) is 19.7. The molecule has 0 spiro atoms. The molecule has 1 fully saturated rings. The van der Waals surface area contributed by atoms with Gasteiger partial charge in [0.1, 0.15) is 0 Å². The van der Waals surface area contributed by atoms with E-state index in [0.717, 1.165) is 18.5 Å². The molecule has 1 aromatic heterocycles. The number of piperazine rings is 1. The van der Waals surface area contributed by atoms with Gasteiger partial charge in [0.25, 0.3) is 5.91 Å². The van der Waals surface area contributed by atoms with Crippen LogP contribution in [-0.2, 0) is 11.2 Å². The maximum absolute atomic E-state index is 13.4. The first-order chi connectivity index (χ1) is 17.6. The molecule has 3 aromatic rings. The summed E-state index contributed by atoms with van der Waals surface area (Å²) in [6.07, 6.45) is 0.947. The van der Waals surface area contributed by atoms with Crippen LogP contribution in [0.3, 0.4) is 0 Å². The molecule has 3 aliphatic heterocycles. The number of benzene rings is 2. The molecule has 4 heterocycles. The van der Waals surface area contributed by atoms with E-state index in [9.17, 15) is 9.59 Å². The number of carbonyl (C=O) groups is 2. The van der Waals surface area contributed by atoms with Crippen molar-refractivity contribution in [3.05, 3.63) is 80.5 Å². The summed E-state index contributed by atoms with van der Waals surface area (Å²) in [7, 11) is 0. The molecule has 1 saturated heterocycles. The highest BCUT2D eigenvalue weighted by molar-refractivity contribution is 7.10. The number of fused-ring (bicyclic) bond motifs is 2. The van der Waals surface area contributed by atoms with Crippen LogP contribution in [0, 0.1) is 0 Å². The molecule has 3 aliphatic rings. The van der Waals surface area contributed by atoms with E-state index in [-0.39, 0.29) is 24.6 Å². The first-order valence-corrected chi connectivity index (χ1v) is 13.3. The minimum atomic E-state index is -0.0516. The number of nitrogens with zero attached hydrogens (tertiary/aromatic N) is 3. The van der Waals surface area contributed by atoms with Gasteiger partial charge >= 0.3 is 0 Å². The van der Waals surface area contributed by atoms with Crippen molar-refractivity contribution >= 4 is 34.8 Å². The van der Waals surface area contributed by atoms with Crippen molar-refractivity contribution in [1.82, 2.24) is 14.7 Å². The van der Waals surface area contributed by atoms with Crippen LogP contribution in [0.5, 0.6) is 11.5 Å². The quantitative estimate of drug-likeness (QED) is 0.516. The Kier molecular flexibility index (Phi) is 6.33. The average Bonchev–Trinajstić information content (AvgIpc) is 3.58. The van der Waals surface area contributed by atoms with Crippen molar-refractivity contribution in [2.45, 2.75) is 12.5 Å². The monoisotopic (exact) mass is 523 g/mol. The molecule has 186 valence electrons. The summed E-state index contributed by atoms with van der Waals surface area (Å²) in [4.78, 5) is 33.7. The second kappa shape index (κ2) is 9.76. The number of hydrogen-bond donors (Lipinski definition) is 0. The Morgan fingerprint density at radius 3 is 2.47 bits per heavy atom. The van der Waals surface area contributed by atoms with E-state index in [4.69, 9.17) is 21.1 Å². The van der Waals surface area contributed by atoms with Crippen molar-refractivity contribution in [1.29, 1.82) is 0 Å². The Labute approximate surface area is 218 Å². The van der Waals surface area contributed by atoms with Gasteiger partial charge in [0, 0.05) is 48.2 Å². The van der Waals surface area contributed by atoms with Crippen LogP contribution in [0.2, 0.25) is 5.02 Å². The minimum absolute atomic E-state index is 0.0371. The second-order valence-corrected chi connectivity index (χ2v) is 10.7. The van der Waals surface area contributed by atoms with Gasteiger partial charge < -0.3 is 19.3 Å². The zero-order valence-corrected chi connectivity index (χ0v) is 21.3. The molecule has 0 radical (unpaired) electrons. The summed E-state index contributed by atoms with van der Waals surface area (Å²) in [6, 6.07) is 15.4. The van der Waals surface area contributed by atoms with Gasteiger partial charge in [-0.15, -0.1) is 11.3 Å². The molecule has 2 aromatic carbocycles. The number of amides is 2. The number of hydrogen-bond acceptors (Lipinski definition) is 6. The molecule has 0 aliphatic carbocycles. The van der Waals surface area contributed by atoms with E-state index in [1.165, 1.54) is 10.4 Å². The van der Waals surface area contributed by atoms with Gasteiger partial charge in [0.15, 0.2) is 11.5 Å². The lowest BCUT2D eigenvalue weighted by Crippen LogP contribution is -2.53. The fraction of sp³-hybridized carbons (Fsp3) is 0.333. The Hall–Kier alpha value is -3.07. The van der Waals surface area contributed by atoms with E-state index in [1.807, 2.05) is 17.0 Å². The van der Waals surface area contributed by atoms with Crippen molar-refractivity contribution in [2.24, 2.45) is 0 Å². The summed E-state index contributed by atoms with van der Waals surface area (Å²) in [6.45, 7) is 3.42. The molecule has 2 amide bonds. The summed E-state index contributed by atoms with van der Waals surface area (Å²) >= 11 is 7.92. The Balaban J connectivity index is 1.11. The second-order valence-electron chi connectivity index (χ2n) is 9.21. The molecule has 36 heavy (non-hydrogen) atoms. The van der Waals surface area contributed by atoms with Gasteiger partial charge in [-0.1, -0.05) is 23.7 Å². The van der Waals surface area contributed by atoms with Gasteiger partial charge in [-0.2, -0.15) is 0 Å². The maximum Gasteiger partial charge on any atom is 0.254 e. The molecule has 0 saturated carbocycles. The molecule has 0 bridgehead atoms. The summed E-state index contributed by atoms with van der Waals surface area (Å²) < 4.78 is 10.7. The van der Waals surface area contributed by atoms with Crippen molar-refractivity contribution < 1.29 is 19.1 Å². The molecule has 7 nitrogen and oxygen atoms in total. The highest BCUT2D eigenvalue weighted by Gasteiger charge is 2.33. The van der Waals surface area contributed by atoms with Crippen LogP contribution < -0.4 is 9.47 Å². The highest BCUT2D eigenvalue weighted by Crippen LogP contribution is 2.38. The largest absolute Gasteiger partial charge is 0.454 e. The van der Waals surface area contributed by atoms with Crippen LogP contribution >= 0.6 is 22.9 Å². The molecule has 1 atom stereocenters. The standard InChI is InChI=1S/C27H26ClN3O4S/c28-20-4-1-18(2-5-20)26-21-8-14-36-24(21)7-9-31(26)16-25(32)29-10-12-30(13-11-29)27(33)19-3-6-22-23(15-19)35-17-34-22/h1-6,8,14-15,26H,7,9-13,16-17H2. The fourth-order valence-corrected chi connectivity index (χ4v) is 6.25. The number of rotatable bonds is 4. The van der Waals surface area contributed by atoms with Crippen LogP contribution in [0.4, 0.5) is 0 Å². The molecule has 0 N–H and O–H groups in total. The Bertz CT molecular complexity index is 1290. The highest BCUT2D eigenvalue weighted by atomic mass is 35.5. The third-order valence-electron chi connectivity index (χ3n) is 7.13. The van der Waals surface area contributed by atoms with E-state index in [0.29, 0.717) is 54.8 Å². The zero-order chi connectivity index (χ0) is 24.6. The van der Waals surface area contributed by atoms with Crippen LogP contribution in [0.1, 0.15) is 32.4 Å². The SMILES string of the molecule is O=C(CN1CCc2sccc2C1c1ccc(Cl)cc1)N1CCN(C(=O)c2ccc3c(c2)OCO3)CC1. The lowest BCUT2D eigenvalue weighted by Gasteiger charge is -2.39. The molecule has 1 unspecified atom stereocenters. The van der Waals surface area contributed by atoms with Crippen LogP contribution in [0.15, 0.2) is 53.9 Å². The number of ether oxygens (including phenoxy) is 2. The predicted octanol–water partition coefficient (Wildman–Crippen LogP) is 4.06. The lowest BCUT2D eigenvalue weighted by molar-refractivity contribution is -0.134. The Morgan fingerprint density at radius 2 is 1.67 bits per heavy atom. The first-order valence-electron chi connectivity index (χ1n) is 12.1. The van der Waals surface area contributed by atoms with Crippen molar-refractivity contribution in [3.8, 4) is 11.5 Å². The van der Waals surface area contributed by atoms with E-state index in [1.54, 1.807) is 34.4 Å². The molecule has 6 rings (SSSR count). The Morgan fingerprint density at radius 1 is 0.917 bits per heavy atom. The minimum Gasteiger partial charge on any atom is -0.454 e. The number of carbonyl (C=O) groups excluding carboxylic acids is 2. The third-order valence-corrected chi connectivity index (χ3v) is 8.38. The molecular weight excluding hydrogens is 498 g/mol. The molecule has 9 heteroatoms. The van der Waals surface area contributed by atoms with E-state index < -0.39 is 0 Å². The third kappa shape index (κ3) is 4.45. The fourth-order valence-electron chi connectivity index (χ4n) is 5.22. The normalized spacial score (nSPS) is 19.3.